The van der Waals surface area contributed by atoms with E-state index >= 15 is 0 Å². The van der Waals surface area contributed by atoms with Gasteiger partial charge in [0.25, 0.3) is 10.0 Å². The summed E-state index contributed by atoms with van der Waals surface area (Å²) >= 11 is 1.38. The third kappa shape index (κ3) is 4.68. The predicted octanol–water partition coefficient (Wildman–Crippen LogP) is 4.73. The van der Waals surface area contributed by atoms with Gasteiger partial charge in [-0.05, 0) is 59.7 Å². The number of fused-ring (bicyclic) bond motifs is 1. The van der Waals surface area contributed by atoms with Crippen LogP contribution in [0.3, 0.4) is 0 Å². The van der Waals surface area contributed by atoms with E-state index in [0.717, 1.165) is 21.3 Å². The average molecular weight is 454 g/mol. The smallest absolute Gasteiger partial charge is 0.261 e. The van der Waals surface area contributed by atoms with E-state index in [1.165, 1.54) is 37.5 Å². The van der Waals surface area contributed by atoms with Crippen molar-refractivity contribution in [2.75, 3.05) is 17.1 Å². The minimum atomic E-state index is -3.73. The van der Waals surface area contributed by atoms with E-state index in [0.29, 0.717) is 16.6 Å². The number of hydrogen-bond acceptors (Lipinski definition) is 6. The molecule has 0 saturated carbocycles. The summed E-state index contributed by atoms with van der Waals surface area (Å²) in [7, 11) is -2.21. The van der Waals surface area contributed by atoms with Crippen molar-refractivity contribution in [1.29, 1.82) is 0 Å². The third-order valence-electron chi connectivity index (χ3n) is 4.49. The normalized spacial score (nSPS) is 11.3. The van der Waals surface area contributed by atoms with Gasteiger partial charge in [-0.15, -0.1) is 0 Å². The van der Waals surface area contributed by atoms with Crippen molar-refractivity contribution in [2.24, 2.45) is 0 Å². The van der Waals surface area contributed by atoms with Gasteiger partial charge in [-0.3, -0.25) is 9.52 Å². The molecular weight excluding hydrogens is 434 g/mol. The predicted molar refractivity (Wildman–Crippen MR) is 123 cm³/mol. The average Bonchev–Trinajstić information content (AvgIpc) is 3.14. The van der Waals surface area contributed by atoms with Crippen LogP contribution in [0, 0.1) is 0 Å². The maximum Gasteiger partial charge on any atom is 0.261 e. The fourth-order valence-corrected chi connectivity index (χ4v) is 5.04. The summed E-state index contributed by atoms with van der Waals surface area (Å²) < 4.78 is 34.1. The maximum absolute atomic E-state index is 12.7. The Morgan fingerprint density at radius 3 is 2.45 bits per heavy atom. The number of anilines is 2. The number of rotatable bonds is 6. The molecule has 0 radical (unpaired) electrons. The summed E-state index contributed by atoms with van der Waals surface area (Å²) in [5, 5.41) is 3.24. The molecule has 0 aliphatic rings. The molecule has 31 heavy (non-hydrogen) atoms. The monoisotopic (exact) mass is 453 g/mol. The summed E-state index contributed by atoms with van der Waals surface area (Å²) in [6.45, 7) is 1.44. The molecule has 0 aliphatic heterocycles. The summed E-state index contributed by atoms with van der Waals surface area (Å²) in [5.41, 5.74) is 3.01. The molecule has 9 heteroatoms. The minimum Gasteiger partial charge on any atom is -0.497 e. The van der Waals surface area contributed by atoms with Crippen molar-refractivity contribution >= 4 is 48.3 Å². The Balaban J connectivity index is 1.61. The summed E-state index contributed by atoms with van der Waals surface area (Å²) in [6, 6.07) is 19.1. The number of amides is 1. The lowest BCUT2D eigenvalue weighted by molar-refractivity contribution is -0.114. The van der Waals surface area contributed by atoms with Gasteiger partial charge >= 0.3 is 0 Å². The zero-order valence-corrected chi connectivity index (χ0v) is 18.4. The summed E-state index contributed by atoms with van der Waals surface area (Å²) in [5.74, 6) is 0.414. The third-order valence-corrected chi connectivity index (χ3v) is 6.82. The van der Waals surface area contributed by atoms with Crippen molar-refractivity contribution in [3.8, 4) is 16.9 Å². The number of sulfonamides is 1. The first kappa shape index (κ1) is 20.8. The lowest BCUT2D eigenvalue weighted by Gasteiger charge is -2.10. The van der Waals surface area contributed by atoms with Crippen molar-refractivity contribution in [1.82, 2.24) is 4.98 Å². The molecule has 2 N–H and O–H groups in total. The van der Waals surface area contributed by atoms with Crippen LogP contribution < -0.4 is 14.8 Å². The number of nitrogens with one attached hydrogen (secondary N) is 2. The van der Waals surface area contributed by atoms with Crippen molar-refractivity contribution < 1.29 is 17.9 Å². The highest BCUT2D eigenvalue weighted by Crippen LogP contribution is 2.31. The Kier molecular flexibility index (Phi) is 5.62. The van der Waals surface area contributed by atoms with Gasteiger partial charge in [-0.1, -0.05) is 29.5 Å². The largest absolute Gasteiger partial charge is 0.497 e. The Morgan fingerprint density at radius 2 is 1.74 bits per heavy atom. The molecule has 7 nitrogen and oxygen atoms in total. The number of carbonyl (C=O) groups is 1. The van der Waals surface area contributed by atoms with Crippen LogP contribution in [0.5, 0.6) is 5.75 Å². The molecule has 0 aliphatic carbocycles. The Bertz CT molecular complexity index is 1360. The van der Waals surface area contributed by atoms with Crippen LogP contribution in [0.15, 0.2) is 71.6 Å². The number of benzene rings is 3. The number of aromatic nitrogens is 1. The highest BCUT2D eigenvalue weighted by atomic mass is 32.2. The quantitative estimate of drug-likeness (QED) is 0.440. The molecule has 158 valence electrons. The van der Waals surface area contributed by atoms with E-state index in [9.17, 15) is 13.2 Å². The second-order valence-corrected chi connectivity index (χ2v) is 9.46. The lowest BCUT2D eigenvalue weighted by Crippen LogP contribution is -2.12. The first-order chi connectivity index (χ1) is 14.8. The van der Waals surface area contributed by atoms with E-state index < -0.39 is 10.0 Å². The van der Waals surface area contributed by atoms with Gasteiger partial charge in [0.2, 0.25) is 5.91 Å². The van der Waals surface area contributed by atoms with Crippen molar-refractivity contribution in [3.63, 3.8) is 0 Å². The number of nitrogens with zero attached hydrogens (tertiary/aromatic N) is 1. The van der Waals surface area contributed by atoms with E-state index in [4.69, 9.17) is 4.74 Å². The zero-order chi connectivity index (χ0) is 22.0. The number of thiazole rings is 1. The van der Waals surface area contributed by atoms with E-state index in [2.05, 4.69) is 15.0 Å². The van der Waals surface area contributed by atoms with Crippen molar-refractivity contribution in [3.05, 3.63) is 66.7 Å². The summed E-state index contributed by atoms with van der Waals surface area (Å²) in [6.07, 6.45) is 0. The minimum absolute atomic E-state index is 0.148. The fourth-order valence-electron chi connectivity index (χ4n) is 3.04. The number of hydrogen-bond donors (Lipinski definition) is 2. The topological polar surface area (TPSA) is 97.4 Å². The van der Waals surface area contributed by atoms with Crippen LogP contribution in [0.2, 0.25) is 0 Å². The van der Waals surface area contributed by atoms with Gasteiger partial charge in [0, 0.05) is 12.6 Å². The molecule has 1 amide bonds. The molecular formula is C22H19N3O4S2. The van der Waals surface area contributed by atoms with Crippen LogP contribution in [0.4, 0.5) is 10.8 Å². The molecule has 0 fully saturated rings. The highest BCUT2D eigenvalue weighted by Gasteiger charge is 2.15. The van der Waals surface area contributed by atoms with Crippen LogP contribution in [-0.2, 0) is 14.8 Å². The number of carbonyl (C=O) groups excluding carboxylic acids is 1. The van der Waals surface area contributed by atoms with Gasteiger partial charge in [0.15, 0.2) is 5.13 Å². The van der Waals surface area contributed by atoms with Gasteiger partial charge < -0.3 is 10.1 Å². The lowest BCUT2D eigenvalue weighted by atomic mass is 10.1. The molecule has 0 spiro atoms. The van der Waals surface area contributed by atoms with Crippen LogP contribution in [-0.4, -0.2) is 26.4 Å². The van der Waals surface area contributed by atoms with E-state index in [1.807, 2.05) is 24.3 Å². The van der Waals surface area contributed by atoms with Gasteiger partial charge in [-0.25, -0.2) is 13.4 Å². The zero-order valence-electron chi connectivity index (χ0n) is 16.7. The highest BCUT2D eigenvalue weighted by molar-refractivity contribution is 7.92. The molecule has 1 heterocycles. The van der Waals surface area contributed by atoms with Crippen LogP contribution in [0.25, 0.3) is 21.3 Å². The molecule has 0 atom stereocenters. The number of methoxy groups -OCH3 is 1. The SMILES string of the molecule is COc1ccc(S(=O)(=O)Nc2cccc(-c3ccc4nc(NC(C)=O)sc4c3)c2)cc1. The fraction of sp³-hybridized carbons (Fsp3) is 0.0909. The van der Waals surface area contributed by atoms with Crippen LogP contribution >= 0.6 is 11.3 Å². The molecule has 0 saturated heterocycles. The van der Waals surface area contributed by atoms with Crippen molar-refractivity contribution in [2.45, 2.75) is 11.8 Å². The first-order valence-corrected chi connectivity index (χ1v) is 11.6. The Hall–Kier alpha value is -3.43. The molecule has 1 aromatic heterocycles. The van der Waals surface area contributed by atoms with E-state index in [-0.39, 0.29) is 10.8 Å². The van der Waals surface area contributed by atoms with Crippen LogP contribution in [0.1, 0.15) is 6.92 Å². The standard InChI is InChI=1S/C22H19N3O4S2/c1-14(26)23-22-24-20-11-6-16(13-21(20)30-22)15-4-3-5-17(12-15)25-31(27,28)19-9-7-18(29-2)8-10-19/h3-13,25H,1-2H3,(H,23,24,26). The second kappa shape index (κ2) is 8.37. The molecule has 4 rings (SSSR count). The van der Waals surface area contributed by atoms with Gasteiger partial charge in [-0.2, -0.15) is 0 Å². The van der Waals surface area contributed by atoms with Gasteiger partial charge in [0.05, 0.1) is 22.2 Å². The second-order valence-electron chi connectivity index (χ2n) is 6.74. The maximum atomic E-state index is 12.7. The first-order valence-electron chi connectivity index (χ1n) is 9.29. The van der Waals surface area contributed by atoms with Gasteiger partial charge in [0.1, 0.15) is 5.75 Å². The molecule has 3 aromatic carbocycles. The molecule has 0 unspecified atom stereocenters. The number of ether oxygens (including phenoxy) is 1. The Labute approximate surface area is 183 Å². The van der Waals surface area contributed by atoms with E-state index in [1.54, 1.807) is 30.3 Å². The Morgan fingerprint density at radius 1 is 1.00 bits per heavy atom. The molecule has 0 bridgehead atoms. The summed E-state index contributed by atoms with van der Waals surface area (Å²) in [4.78, 5) is 15.8. The molecule has 4 aromatic rings.